The van der Waals surface area contributed by atoms with Crippen LogP contribution in [0.3, 0.4) is 0 Å². The number of benzene rings is 2. The molecular weight excluding hydrogens is 471 g/mol. The van der Waals surface area contributed by atoms with Gasteiger partial charge in [-0.1, -0.05) is 53.5 Å². The maximum atomic E-state index is 12.7. The second-order valence-electron chi connectivity index (χ2n) is 7.75. The number of ketones is 1. The summed E-state index contributed by atoms with van der Waals surface area (Å²) in [6, 6.07) is 10.4. The average Bonchev–Trinajstić information content (AvgIpc) is 3.25. The van der Waals surface area contributed by atoms with Crippen molar-refractivity contribution >= 4 is 46.8 Å². The van der Waals surface area contributed by atoms with Gasteiger partial charge in [-0.2, -0.15) is 0 Å². The monoisotopic (exact) mass is 492 g/mol. The molecule has 33 heavy (non-hydrogen) atoms. The number of amides is 2. The first kappa shape index (κ1) is 24.5. The number of aliphatic carboxylic acids is 1. The summed E-state index contributed by atoms with van der Waals surface area (Å²) in [6.45, 7) is 0. The molecule has 4 N–H and O–H groups in total. The standard InChI is InChI=1S/C23H22Cl2N2O6/c24-19-15(21(29)12-4-2-1-3-5-12)8-9-17(20(19)25)33-14-7-6-13(10-14)22(30)27-16(23(31)32)11-18(26)28/h1-5,8-9,13-14,16H,6-7,10-11H2,(H2,26,28)(H,27,30)(H,31,32)/t13-,14-,16?/m0/s1. The van der Waals surface area contributed by atoms with E-state index in [1.807, 2.05) is 0 Å². The lowest BCUT2D eigenvalue weighted by atomic mass is 10.0. The highest BCUT2D eigenvalue weighted by molar-refractivity contribution is 6.45. The van der Waals surface area contributed by atoms with Crippen molar-refractivity contribution < 1.29 is 29.0 Å². The first-order chi connectivity index (χ1) is 15.7. The van der Waals surface area contributed by atoms with Gasteiger partial charge in [0.05, 0.1) is 17.5 Å². The fraction of sp³-hybridized carbons (Fsp3) is 0.304. The molecule has 0 bridgehead atoms. The molecule has 0 aromatic heterocycles. The van der Waals surface area contributed by atoms with Gasteiger partial charge in [-0.05, 0) is 31.4 Å². The summed E-state index contributed by atoms with van der Waals surface area (Å²) in [5, 5.41) is 11.7. The Morgan fingerprint density at radius 2 is 1.76 bits per heavy atom. The van der Waals surface area contributed by atoms with Gasteiger partial charge in [0.1, 0.15) is 16.8 Å². The number of nitrogens with two attached hydrogens (primary N) is 1. The Labute approximate surface area is 200 Å². The number of halogens is 2. The lowest BCUT2D eigenvalue weighted by Gasteiger charge is -2.18. The largest absolute Gasteiger partial charge is 0.489 e. The molecule has 0 saturated heterocycles. The summed E-state index contributed by atoms with van der Waals surface area (Å²) < 4.78 is 5.93. The van der Waals surface area contributed by atoms with Crippen LogP contribution in [0.15, 0.2) is 42.5 Å². The maximum Gasteiger partial charge on any atom is 0.326 e. The van der Waals surface area contributed by atoms with Crippen molar-refractivity contribution in [1.82, 2.24) is 5.32 Å². The van der Waals surface area contributed by atoms with Crippen molar-refractivity contribution in [1.29, 1.82) is 0 Å². The quantitative estimate of drug-likeness (QED) is 0.459. The molecule has 1 unspecified atom stereocenters. The summed E-state index contributed by atoms with van der Waals surface area (Å²) in [5.41, 5.74) is 5.76. The Hall–Kier alpha value is -3.10. The van der Waals surface area contributed by atoms with E-state index in [0.717, 1.165) is 0 Å². The molecule has 3 atom stereocenters. The Morgan fingerprint density at radius 1 is 1.06 bits per heavy atom. The van der Waals surface area contributed by atoms with Crippen LogP contribution in [0, 0.1) is 5.92 Å². The second kappa shape index (κ2) is 10.7. The molecule has 1 fully saturated rings. The van der Waals surface area contributed by atoms with Crippen LogP contribution in [0.5, 0.6) is 5.75 Å². The van der Waals surface area contributed by atoms with Crippen molar-refractivity contribution in [3.05, 3.63) is 63.6 Å². The van der Waals surface area contributed by atoms with Gasteiger partial charge >= 0.3 is 5.97 Å². The van der Waals surface area contributed by atoms with Crippen LogP contribution in [-0.2, 0) is 14.4 Å². The number of nitrogens with one attached hydrogen (secondary N) is 1. The van der Waals surface area contributed by atoms with Crippen molar-refractivity contribution in [2.24, 2.45) is 11.7 Å². The summed E-state index contributed by atoms with van der Waals surface area (Å²) in [7, 11) is 0. The van der Waals surface area contributed by atoms with Crippen LogP contribution < -0.4 is 15.8 Å². The fourth-order valence-electron chi connectivity index (χ4n) is 3.70. The van der Waals surface area contributed by atoms with Crippen LogP contribution in [0.25, 0.3) is 0 Å². The first-order valence-corrected chi connectivity index (χ1v) is 11.0. The van der Waals surface area contributed by atoms with E-state index in [0.29, 0.717) is 24.8 Å². The topological polar surface area (TPSA) is 136 Å². The summed E-state index contributed by atoms with van der Waals surface area (Å²) >= 11 is 12.7. The maximum absolute atomic E-state index is 12.7. The van der Waals surface area contributed by atoms with E-state index in [1.54, 1.807) is 42.5 Å². The number of hydrogen-bond acceptors (Lipinski definition) is 5. The van der Waals surface area contributed by atoms with Gasteiger partial charge in [0.2, 0.25) is 11.8 Å². The van der Waals surface area contributed by atoms with Gasteiger partial charge in [-0.25, -0.2) is 4.79 Å². The number of carbonyl (C=O) groups is 4. The third kappa shape index (κ3) is 6.03. The molecule has 10 heteroatoms. The van der Waals surface area contributed by atoms with E-state index in [9.17, 15) is 19.2 Å². The lowest BCUT2D eigenvalue weighted by molar-refractivity contribution is -0.143. The number of carboxylic acids is 1. The molecular formula is C23H22Cl2N2O6. The Bertz CT molecular complexity index is 1080. The van der Waals surface area contributed by atoms with Crippen LogP contribution in [0.2, 0.25) is 10.0 Å². The van der Waals surface area contributed by atoms with Gasteiger partial charge in [0, 0.05) is 17.0 Å². The minimum atomic E-state index is -1.38. The van der Waals surface area contributed by atoms with Gasteiger partial charge in [0.15, 0.2) is 5.78 Å². The molecule has 0 aliphatic heterocycles. The zero-order valence-corrected chi connectivity index (χ0v) is 18.9. The number of rotatable bonds is 9. The molecule has 8 nitrogen and oxygen atoms in total. The molecule has 2 aromatic rings. The number of carboxylic acid groups (broad SMARTS) is 1. The van der Waals surface area contributed by atoms with Crippen LogP contribution >= 0.6 is 23.2 Å². The lowest BCUT2D eigenvalue weighted by Crippen LogP contribution is -2.45. The zero-order valence-electron chi connectivity index (χ0n) is 17.4. The fourth-order valence-corrected chi connectivity index (χ4v) is 4.15. The van der Waals surface area contributed by atoms with E-state index in [-0.39, 0.29) is 33.2 Å². The molecule has 2 aromatic carbocycles. The Morgan fingerprint density at radius 3 is 2.39 bits per heavy atom. The SMILES string of the molecule is NC(=O)CC(NC(=O)[C@H]1CC[C@H](Oc2ccc(C(=O)c3ccccc3)c(Cl)c2Cl)C1)C(=O)O. The summed E-state index contributed by atoms with van der Waals surface area (Å²) in [5.74, 6) is -3.11. The van der Waals surface area contributed by atoms with Crippen molar-refractivity contribution in [3.8, 4) is 5.75 Å². The first-order valence-electron chi connectivity index (χ1n) is 10.2. The van der Waals surface area contributed by atoms with Crippen molar-refractivity contribution in [2.75, 3.05) is 0 Å². The van der Waals surface area contributed by atoms with Crippen LogP contribution in [-0.4, -0.2) is 40.8 Å². The zero-order chi connectivity index (χ0) is 24.1. The van der Waals surface area contributed by atoms with Crippen LogP contribution in [0.4, 0.5) is 0 Å². The van der Waals surface area contributed by atoms with Crippen LogP contribution in [0.1, 0.15) is 41.6 Å². The molecule has 2 amide bonds. The average molecular weight is 493 g/mol. The van der Waals surface area contributed by atoms with Gasteiger partial charge in [-0.3, -0.25) is 14.4 Å². The molecule has 174 valence electrons. The predicted octanol–water partition coefficient (Wildman–Crippen LogP) is 3.22. The number of primary amides is 1. The Balaban J connectivity index is 1.64. The molecule has 1 aliphatic carbocycles. The third-order valence-electron chi connectivity index (χ3n) is 5.40. The molecule has 0 radical (unpaired) electrons. The van der Waals surface area contributed by atoms with E-state index >= 15 is 0 Å². The van der Waals surface area contributed by atoms with E-state index in [1.165, 1.54) is 0 Å². The number of ether oxygens (including phenoxy) is 1. The summed E-state index contributed by atoms with van der Waals surface area (Å²) in [6.07, 6.45) is 0.479. The Kier molecular flexibility index (Phi) is 7.94. The van der Waals surface area contributed by atoms with Gasteiger partial charge in [0.25, 0.3) is 0 Å². The minimum Gasteiger partial charge on any atom is -0.489 e. The normalized spacial score (nSPS) is 18.4. The molecule has 1 saturated carbocycles. The highest BCUT2D eigenvalue weighted by Crippen LogP contribution is 2.38. The van der Waals surface area contributed by atoms with E-state index < -0.39 is 36.2 Å². The second-order valence-corrected chi connectivity index (χ2v) is 8.51. The smallest absolute Gasteiger partial charge is 0.326 e. The summed E-state index contributed by atoms with van der Waals surface area (Å²) in [4.78, 5) is 47.4. The van der Waals surface area contributed by atoms with Crippen molar-refractivity contribution in [2.45, 2.75) is 37.8 Å². The number of hydrogen-bond donors (Lipinski definition) is 3. The number of carbonyl (C=O) groups excluding carboxylic acids is 3. The highest BCUT2D eigenvalue weighted by atomic mass is 35.5. The van der Waals surface area contributed by atoms with E-state index in [2.05, 4.69) is 5.32 Å². The van der Waals surface area contributed by atoms with Gasteiger partial charge in [-0.15, -0.1) is 0 Å². The predicted molar refractivity (Wildman–Crippen MR) is 121 cm³/mol. The minimum absolute atomic E-state index is 0.0751. The molecule has 3 rings (SSSR count). The van der Waals surface area contributed by atoms with Crippen molar-refractivity contribution in [3.63, 3.8) is 0 Å². The van der Waals surface area contributed by atoms with Gasteiger partial charge < -0.3 is 20.9 Å². The molecule has 1 aliphatic rings. The molecule has 0 spiro atoms. The molecule has 0 heterocycles. The van der Waals surface area contributed by atoms with E-state index in [4.69, 9.17) is 38.8 Å². The third-order valence-corrected chi connectivity index (χ3v) is 6.26. The highest BCUT2D eigenvalue weighted by Gasteiger charge is 2.34.